The van der Waals surface area contributed by atoms with Crippen LogP contribution in [0, 0.1) is 5.82 Å². The lowest BCUT2D eigenvalue weighted by Gasteiger charge is -2.31. The number of hydrogen-bond donors (Lipinski definition) is 3. The van der Waals surface area contributed by atoms with E-state index in [0.717, 1.165) is 43.9 Å². The molecule has 0 spiro atoms. The highest BCUT2D eigenvalue weighted by molar-refractivity contribution is 7.89. The van der Waals surface area contributed by atoms with Crippen molar-refractivity contribution in [2.24, 2.45) is 0 Å². The van der Waals surface area contributed by atoms with Gasteiger partial charge in [-0.05, 0) is 50.2 Å². The Morgan fingerprint density at radius 1 is 1.16 bits per heavy atom. The van der Waals surface area contributed by atoms with E-state index in [-0.39, 0.29) is 17.2 Å². The van der Waals surface area contributed by atoms with Crippen molar-refractivity contribution in [3.63, 3.8) is 0 Å². The first-order valence-corrected chi connectivity index (χ1v) is 12.1. The molecule has 1 amide bonds. The number of hydrogen-bond acceptors (Lipinski definition) is 6. The average molecular weight is 456 g/mol. The summed E-state index contributed by atoms with van der Waals surface area (Å²) in [4.78, 5) is 14.5. The fourth-order valence-electron chi connectivity index (χ4n) is 3.76. The molecule has 2 aliphatic heterocycles. The zero-order chi connectivity index (χ0) is 22.3. The van der Waals surface area contributed by atoms with Gasteiger partial charge in [0.15, 0.2) is 0 Å². The van der Waals surface area contributed by atoms with Gasteiger partial charge >= 0.3 is 0 Å². The molecule has 3 rings (SSSR count). The molecule has 8 nitrogen and oxygen atoms in total. The van der Waals surface area contributed by atoms with Crippen LogP contribution in [0.1, 0.15) is 25.7 Å². The van der Waals surface area contributed by atoms with Gasteiger partial charge in [-0.3, -0.25) is 4.79 Å². The molecule has 0 aromatic heterocycles. The van der Waals surface area contributed by atoms with Gasteiger partial charge in [-0.15, -0.1) is 0 Å². The zero-order valence-electron chi connectivity index (χ0n) is 17.4. The number of benzene rings is 1. The normalized spacial score (nSPS) is 24.8. The molecule has 1 saturated heterocycles. The van der Waals surface area contributed by atoms with Crippen LogP contribution in [-0.2, 0) is 19.6 Å². The number of carbonyl (C=O) groups is 1. The van der Waals surface area contributed by atoms with E-state index in [1.807, 2.05) is 0 Å². The Morgan fingerprint density at radius 2 is 1.87 bits per heavy atom. The molecule has 0 aliphatic carbocycles. The summed E-state index contributed by atoms with van der Waals surface area (Å²) in [6, 6.07) is 3.64. The number of nitrogens with zero attached hydrogens (tertiary/aromatic N) is 1. The van der Waals surface area contributed by atoms with Crippen molar-refractivity contribution < 1.29 is 27.4 Å². The molecular formula is C21H30FN3O5S. The van der Waals surface area contributed by atoms with Crippen LogP contribution >= 0.6 is 0 Å². The standard InChI is InChI=1S/C21H30FN3O5S/c22-16-4-7-18(8-5-16)31(28,29)24-19-9-6-17(30-20(19)15-26)14-21(27)23-10-13-25-11-2-1-3-12-25/h4-9,17,19-20,24,26H,1-3,10-15H2,(H,23,27)/t17-,19-,20-/m0/s1. The summed E-state index contributed by atoms with van der Waals surface area (Å²) < 4.78 is 46.2. The highest BCUT2D eigenvalue weighted by atomic mass is 32.2. The van der Waals surface area contributed by atoms with Crippen LogP contribution in [0.25, 0.3) is 0 Å². The highest BCUT2D eigenvalue weighted by Crippen LogP contribution is 2.18. The number of amides is 1. The lowest BCUT2D eigenvalue weighted by atomic mass is 10.1. The summed E-state index contributed by atoms with van der Waals surface area (Å²) in [6.45, 7) is 3.10. The van der Waals surface area contributed by atoms with Crippen molar-refractivity contribution in [2.75, 3.05) is 32.8 Å². The molecule has 1 aromatic rings. The third-order valence-electron chi connectivity index (χ3n) is 5.46. The predicted octanol–water partition coefficient (Wildman–Crippen LogP) is 0.781. The molecule has 0 bridgehead atoms. The third kappa shape index (κ3) is 7.08. The second-order valence-electron chi connectivity index (χ2n) is 7.84. The minimum atomic E-state index is -3.93. The zero-order valence-corrected chi connectivity index (χ0v) is 18.2. The van der Waals surface area contributed by atoms with E-state index in [1.54, 1.807) is 12.2 Å². The van der Waals surface area contributed by atoms with Crippen molar-refractivity contribution >= 4 is 15.9 Å². The van der Waals surface area contributed by atoms with Crippen LogP contribution in [0.15, 0.2) is 41.3 Å². The van der Waals surface area contributed by atoms with Gasteiger partial charge in [-0.25, -0.2) is 17.5 Å². The molecule has 0 unspecified atom stereocenters. The Labute approximate surface area is 182 Å². The number of aliphatic hydroxyl groups excluding tert-OH is 1. The summed E-state index contributed by atoms with van der Waals surface area (Å²) in [5.41, 5.74) is 0. The van der Waals surface area contributed by atoms with Gasteiger partial charge in [0.25, 0.3) is 0 Å². The van der Waals surface area contributed by atoms with Gasteiger partial charge in [0, 0.05) is 13.1 Å². The van der Waals surface area contributed by atoms with Gasteiger partial charge in [-0.1, -0.05) is 18.6 Å². The van der Waals surface area contributed by atoms with Gasteiger partial charge in [0.2, 0.25) is 15.9 Å². The fourth-order valence-corrected chi connectivity index (χ4v) is 4.98. The number of rotatable bonds is 9. The fraction of sp³-hybridized carbons (Fsp3) is 0.571. The van der Waals surface area contributed by atoms with E-state index in [0.29, 0.717) is 6.54 Å². The van der Waals surface area contributed by atoms with Crippen molar-refractivity contribution in [1.29, 1.82) is 0 Å². The Balaban J connectivity index is 1.50. The number of ether oxygens (including phenoxy) is 1. The molecule has 0 radical (unpaired) electrons. The van der Waals surface area contributed by atoms with Gasteiger partial charge in [-0.2, -0.15) is 0 Å². The monoisotopic (exact) mass is 455 g/mol. The number of likely N-dealkylation sites (tertiary alicyclic amines) is 1. The maximum Gasteiger partial charge on any atom is 0.241 e. The van der Waals surface area contributed by atoms with E-state index in [9.17, 15) is 22.7 Å². The maximum atomic E-state index is 13.1. The van der Waals surface area contributed by atoms with Crippen molar-refractivity contribution in [3.05, 3.63) is 42.2 Å². The van der Waals surface area contributed by atoms with Crippen molar-refractivity contribution in [3.8, 4) is 0 Å². The Morgan fingerprint density at radius 3 is 2.55 bits per heavy atom. The van der Waals surface area contributed by atoms with Crippen molar-refractivity contribution in [1.82, 2.24) is 14.9 Å². The summed E-state index contributed by atoms with van der Waals surface area (Å²) in [5.74, 6) is -0.696. The molecule has 2 aliphatic rings. The lowest BCUT2D eigenvalue weighted by Crippen LogP contribution is -2.49. The first kappa shape index (κ1) is 23.8. The second-order valence-corrected chi connectivity index (χ2v) is 9.55. The Bertz CT molecular complexity index is 856. The third-order valence-corrected chi connectivity index (χ3v) is 6.94. The first-order chi connectivity index (χ1) is 14.9. The molecular weight excluding hydrogens is 425 g/mol. The van der Waals surface area contributed by atoms with Crippen LogP contribution in [0.2, 0.25) is 0 Å². The van der Waals surface area contributed by atoms with E-state index < -0.39 is 40.7 Å². The minimum absolute atomic E-state index is 0.0877. The van der Waals surface area contributed by atoms with Crippen LogP contribution < -0.4 is 10.0 Å². The number of piperidine rings is 1. The second kappa shape index (κ2) is 11.1. The number of halogens is 1. The number of nitrogens with one attached hydrogen (secondary N) is 2. The highest BCUT2D eigenvalue weighted by Gasteiger charge is 2.31. The van der Waals surface area contributed by atoms with E-state index in [4.69, 9.17) is 4.74 Å². The molecule has 2 heterocycles. The van der Waals surface area contributed by atoms with E-state index in [2.05, 4.69) is 14.9 Å². The molecule has 0 saturated carbocycles. The summed E-state index contributed by atoms with van der Waals surface area (Å²) in [5, 5.41) is 12.5. The Hall–Kier alpha value is -1.85. The SMILES string of the molecule is O=C(C[C@@H]1C=C[C@H](NS(=O)(=O)c2ccc(F)cc2)[C@H](CO)O1)NCCN1CCCCC1. The average Bonchev–Trinajstić information content (AvgIpc) is 2.75. The minimum Gasteiger partial charge on any atom is -0.394 e. The number of carbonyl (C=O) groups excluding carboxylic acids is 1. The number of sulfonamides is 1. The molecule has 1 aromatic carbocycles. The largest absolute Gasteiger partial charge is 0.394 e. The Kier molecular flexibility index (Phi) is 8.56. The van der Waals surface area contributed by atoms with Crippen LogP contribution in [0.4, 0.5) is 4.39 Å². The van der Waals surface area contributed by atoms with Crippen LogP contribution in [-0.4, -0.2) is 75.4 Å². The van der Waals surface area contributed by atoms with Gasteiger partial charge < -0.3 is 20.1 Å². The lowest BCUT2D eigenvalue weighted by molar-refractivity contribution is -0.125. The topological polar surface area (TPSA) is 108 Å². The van der Waals surface area contributed by atoms with Crippen molar-refractivity contribution in [2.45, 2.75) is 48.8 Å². The molecule has 31 heavy (non-hydrogen) atoms. The van der Waals surface area contributed by atoms with Crippen LogP contribution in [0.5, 0.6) is 0 Å². The summed E-state index contributed by atoms with van der Waals surface area (Å²) in [6.07, 6.45) is 5.55. The summed E-state index contributed by atoms with van der Waals surface area (Å²) in [7, 11) is -3.93. The maximum absolute atomic E-state index is 13.1. The van der Waals surface area contributed by atoms with E-state index >= 15 is 0 Å². The number of aliphatic hydroxyl groups is 1. The van der Waals surface area contributed by atoms with E-state index in [1.165, 1.54) is 19.3 Å². The smallest absolute Gasteiger partial charge is 0.241 e. The molecule has 1 fully saturated rings. The summed E-state index contributed by atoms with van der Waals surface area (Å²) >= 11 is 0. The predicted molar refractivity (Wildman–Crippen MR) is 113 cm³/mol. The molecule has 10 heteroatoms. The first-order valence-electron chi connectivity index (χ1n) is 10.6. The van der Waals surface area contributed by atoms with Gasteiger partial charge in [0.05, 0.1) is 30.1 Å². The van der Waals surface area contributed by atoms with Crippen LogP contribution in [0.3, 0.4) is 0 Å². The van der Waals surface area contributed by atoms with Gasteiger partial charge in [0.1, 0.15) is 11.9 Å². The molecule has 3 atom stereocenters. The molecule has 3 N–H and O–H groups in total. The molecule has 172 valence electrons. The quantitative estimate of drug-likeness (QED) is 0.475.